The van der Waals surface area contributed by atoms with Crippen LogP contribution in [0.3, 0.4) is 0 Å². The Morgan fingerprint density at radius 2 is 2.24 bits per heavy atom. The average Bonchev–Trinajstić information content (AvgIpc) is 2.85. The number of nitrogens with zero attached hydrogens (tertiary/aromatic N) is 2. The van der Waals surface area contributed by atoms with Crippen molar-refractivity contribution in [3.8, 4) is 0 Å². The highest BCUT2D eigenvalue weighted by molar-refractivity contribution is 9.10. The fourth-order valence-corrected chi connectivity index (χ4v) is 3.17. The summed E-state index contributed by atoms with van der Waals surface area (Å²) in [5.74, 6) is -0.473. The van der Waals surface area contributed by atoms with E-state index in [4.69, 9.17) is 0 Å². The third-order valence-electron chi connectivity index (χ3n) is 2.51. The Labute approximate surface area is 130 Å². The van der Waals surface area contributed by atoms with Crippen molar-refractivity contribution in [1.29, 1.82) is 0 Å². The summed E-state index contributed by atoms with van der Waals surface area (Å²) < 4.78 is 33.2. The second-order valence-corrected chi connectivity index (χ2v) is 6.66. The van der Waals surface area contributed by atoms with Crippen molar-refractivity contribution in [1.82, 2.24) is 9.78 Å². The van der Waals surface area contributed by atoms with Crippen molar-refractivity contribution < 1.29 is 17.9 Å². The zero-order valence-electron chi connectivity index (χ0n) is 11.0. The molecule has 2 rings (SSSR count). The number of sulfonamides is 1. The fraction of sp³-hybridized carbons (Fsp3) is 0.167. The molecule has 0 aliphatic heterocycles. The predicted molar refractivity (Wildman–Crippen MR) is 79.2 cm³/mol. The molecule has 1 aromatic carbocycles. The molecule has 0 unspecified atom stereocenters. The van der Waals surface area contributed by atoms with E-state index in [0.29, 0.717) is 4.47 Å². The summed E-state index contributed by atoms with van der Waals surface area (Å²) in [7, 11) is -2.44. The van der Waals surface area contributed by atoms with Crippen LogP contribution in [0.1, 0.15) is 0 Å². The summed E-state index contributed by atoms with van der Waals surface area (Å²) >= 11 is 3.22. The molecule has 0 aliphatic rings. The van der Waals surface area contributed by atoms with E-state index in [1.807, 2.05) is 0 Å². The predicted octanol–water partition coefficient (Wildman–Crippen LogP) is 1.62. The number of carbonyl (C=O) groups is 1. The summed E-state index contributed by atoms with van der Waals surface area (Å²) in [5, 5.41) is 3.88. The van der Waals surface area contributed by atoms with Crippen LogP contribution in [0.15, 0.2) is 46.0 Å². The number of carbonyl (C=O) groups excluding carboxylic acids is 1. The first-order valence-electron chi connectivity index (χ1n) is 5.78. The number of hydrogen-bond donors (Lipinski definition) is 1. The maximum absolute atomic E-state index is 12.2. The van der Waals surface area contributed by atoms with Crippen molar-refractivity contribution in [2.45, 2.75) is 11.4 Å². The first-order chi connectivity index (χ1) is 9.90. The van der Waals surface area contributed by atoms with E-state index >= 15 is 0 Å². The van der Waals surface area contributed by atoms with Crippen LogP contribution in [-0.4, -0.2) is 31.3 Å². The van der Waals surface area contributed by atoms with Gasteiger partial charge in [0, 0.05) is 10.7 Å². The first-order valence-corrected chi connectivity index (χ1v) is 8.06. The summed E-state index contributed by atoms with van der Waals surface area (Å²) in [6.07, 6.45) is 2.73. The SMILES string of the molecule is COC(=O)Cn1cc(NS(=O)(=O)c2cccc(Br)c2)cn1. The molecule has 0 saturated carbocycles. The molecule has 1 N–H and O–H groups in total. The number of rotatable bonds is 5. The van der Waals surface area contributed by atoms with Gasteiger partial charge in [0.05, 0.1) is 23.9 Å². The van der Waals surface area contributed by atoms with E-state index in [0.717, 1.165) is 0 Å². The molecule has 21 heavy (non-hydrogen) atoms. The number of methoxy groups -OCH3 is 1. The van der Waals surface area contributed by atoms with Crippen LogP contribution < -0.4 is 4.72 Å². The van der Waals surface area contributed by atoms with Gasteiger partial charge >= 0.3 is 5.97 Å². The van der Waals surface area contributed by atoms with Crippen LogP contribution >= 0.6 is 15.9 Å². The highest BCUT2D eigenvalue weighted by Gasteiger charge is 2.15. The summed E-state index contributed by atoms with van der Waals surface area (Å²) in [4.78, 5) is 11.2. The van der Waals surface area contributed by atoms with Gasteiger partial charge in [0.2, 0.25) is 0 Å². The number of hydrogen-bond acceptors (Lipinski definition) is 5. The molecule has 2 aromatic rings. The lowest BCUT2D eigenvalue weighted by Gasteiger charge is -2.06. The maximum Gasteiger partial charge on any atom is 0.327 e. The van der Waals surface area contributed by atoms with Gasteiger partial charge in [-0.05, 0) is 18.2 Å². The fourth-order valence-electron chi connectivity index (χ4n) is 1.55. The van der Waals surface area contributed by atoms with Gasteiger partial charge < -0.3 is 4.74 Å². The normalized spacial score (nSPS) is 11.1. The number of benzene rings is 1. The minimum absolute atomic E-state index is 0.0882. The minimum Gasteiger partial charge on any atom is -0.468 e. The Morgan fingerprint density at radius 3 is 2.90 bits per heavy atom. The van der Waals surface area contributed by atoms with Gasteiger partial charge in [0.25, 0.3) is 10.0 Å². The molecule has 0 amide bonds. The van der Waals surface area contributed by atoms with Crippen molar-refractivity contribution in [3.63, 3.8) is 0 Å². The number of aromatic nitrogens is 2. The molecule has 1 heterocycles. The highest BCUT2D eigenvalue weighted by Crippen LogP contribution is 2.19. The molecule has 7 nitrogen and oxygen atoms in total. The molecular weight excluding hydrogens is 362 g/mol. The van der Waals surface area contributed by atoms with Gasteiger partial charge in [-0.15, -0.1) is 0 Å². The van der Waals surface area contributed by atoms with Crippen LogP contribution in [0.25, 0.3) is 0 Å². The van der Waals surface area contributed by atoms with E-state index in [1.165, 1.54) is 36.3 Å². The Balaban J connectivity index is 2.16. The van der Waals surface area contributed by atoms with Gasteiger partial charge in [0.15, 0.2) is 0 Å². The van der Waals surface area contributed by atoms with Crippen molar-refractivity contribution in [2.24, 2.45) is 0 Å². The van der Waals surface area contributed by atoms with Gasteiger partial charge in [-0.2, -0.15) is 5.10 Å². The second-order valence-electron chi connectivity index (χ2n) is 4.07. The van der Waals surface area contributed by atoms with Crippen LogP contribution in [0.5, 0.6) is 0 Å². The first kappa shape index (κ1) is 15.5. The second kappa shape index (κ2) is 6.27. The topological polar surface area (TPSA) is 90.3 Å². The molecule has 0 radical (unpaired) electrons. The van der Waals surface area contributed by atoms with E-state index < -0.39 is 16.0 Å². The molecule has 112 valence electrons. The third kappa shape index (κ3) is 4.05. The van der Waals surface area contributed by atoms with E-state index in [2.05, 4.69) is 30.5 Å². The van der Waals surface area contributed by atoms with E-state index in [-0.39, 0.29) is 17.1 Å². The van der Waals surface area contributed by atoms with Crippen LogP contribution in [0, 0.1) is 0 Å². The summed E-state index contributed by atoms with van der Waals surface area (Å²) in [6, 6.07) is 6.32. The van der Waals surface area contributed by atoms with Gasteiger partial charge in [-0.25, -0.2) is 8.42 Å². The third-order valence-corrected chi connectivity index (χ3v) is 4.38. The molecule has 9 heteroatoms. The molecule has 0 fully saturated rings. The molecule has 0 atom stereocenters. The van der Waals surface area contributed by atoms with Gasteiger partial charge in [-0.3, -0.25) is 14.2 Å². The average molecular weight is 374 g/mol. The lowest BCUT2D eigenvalue weighted by atomic mass is 10.4. The molecular formula is C12H12BrN3O4S. The lowest BCUT2D eigenvalue weighted by molar-refractivity contribution is -0.141. The molecule has 0 aliphatic carbocycles. The van der Waals surface area contributed by atoms with Crippen LogP contribution in [-0.2, 0) is 26.1 Å². The smallest absolute Gasteiger partial charge is 0.327 e. The largest absolute Gasteiger partial charge is 0.468 e. The molecule has 0 spiro atoms. The molecule has 0 bridgehead atoms. The van der Waals surface area contributed by atoms with Crippen molar-refractivity contribution in [3.05, 3.63) is 41.1 Å². The Bertz CT molecular complexity index is 757. The number of anilines is 1. The quantitative estimate of drug-likeness (QED) is 0.804. The zero-order chi connectivity index (χ0) is 15.5. The molecule has 0 saturated heterocycles. The van der Waals surface area contributed by atoms with Crippen molar-refractivity contribution in [2.75, 3.05) is 11.8 Å². The number of nitrogens with one attached hydrogen (secondary N) is 1. The summed E-state index contributed by atoms with van der Waals surface area (Å²) in [6.45, 7) is -0.0882. The van der Waals surface area contributed by atoms with E-state index in [1.54, 1.807) is 12.1 Å². The standard InChI is InChI=1S/C12H12BrN3O4S/c1-20-12(17)8-16-7-10(6-14-16)15-21(18,19)11-4-2-3-9(13)5-11/h2-7,15H,8H2,1H3. The van der Waals surface area contributed by atoms with Crippen LogP contribution in [0.2, 0.25) is 0 Å². The Kier molecular flexibility index (Phi) is 4.63. The lowest BCUT2D eigenvalue weighted by Crippen LogP contribution is -2.13. The maximum atomic E-state index is 12.2. The Hall–Kier alpha value is -1.87. The zero-order valence-corrected chi connectivity index (χ0v) is 13.4. The van der Waals surface area contributed by atoms with Gasteiger partial charge in [0.1, 0.15) is 6.54 Å². The van der Waals surface area contributed by atoms with Crippen molar-refractivity contribution >= 4 is 37.6 Å². The van der Waals surface area contributed by atoms with E-state index in [9.17, 15) is 13.2 Å². The van der Waals surface area contributed by atoms with Crippen LogP contribution in [0.4, 0.5) is 5.69 Å². The molecule has 1 aromatic heterocycles. The number of ether oxygens (including phenoxy) is 1. The Morgan fingerprint density at radius 1 is 1.48 bits per heavy atom. The summed E-state index contributed by atoms with van der Waals surface area (Å²) in [5.41, 5.74) is 0.263. The monoisotopic (exact) mass is 373 g/mol. The van der Waals surface area contributed by atoms with Gasteiger partial charge in [-0.1, -0.05) is 22.0 Å². The number of halogens is 1. The minimum atomic E-state index is -3.71. The highest BCUT2D eigenvalue weighted by atomic mass is 79.9. The number of esters is 1.